The van der Waals surface area contributed by atoms with Gasteiger partial charge in [-0.25, -0.2) is 18.1 Å². The van der Waals surface area contributed by atoms with E-state index >= 15 is 0 Å². The molecule has 90 valence electrons. The van der Waals surface area contributed by atoms with Gasteiger partial charge in [0.1, 0.15) is 5.82 Å². The minimum absolute atomic E-state index is 0.0684. The summed E-state index contributed by atoms with van der Waals surface area (Å²) < 4.78 is 26.1. The maximum Gasteiger partial charge on any atom is 0.257 e. The molecule has 0 unspecified atom stereocenters. The Morgan fingerprint density at radius 2 is 2.24 bits per heavy atom. The molecule has 0 aliphatic rings. The van der Waals surface area contributed by atoms with Crippen LogP contribution in [-0.2, 0) is 16.6 Å². The number of hydrogen-bond donors (Lipinski definition) is 2. The van der Waals surface area contributed by atoms with Crippen LogP contribution in [0.15, 0.2) is 35.7 Å². The number of pyridine rings is 1. The molecule has 0 aliphatic carbocycles. The van der Waals surface area contributed by atoms with Gasteiger partial charge in [-0.15, -0.1) is 0 Å². The normalized spacial score (nSPS) is 11.6. The van der Waals surface area contributed by atoms with Gasteiger partial charge in [-0.3, -0.25) is 4.98 Å². The van der Waals surface area contributed by atoms with E-state index in [4.69, 9.17) is 0 Å². The molecule has 0 bridgehead atoms. The smallest absolute Gasteiger partial charge is 0.257 e. The molecule has 2 N–H and O–H groups in total. The fourth-order valence-corrected chi connectivity index (χ4v) is 2.28. The fraction of sp³-hybridized carbons (Fsp3) is 0.200. The lowest BCUT2D eigenvalue weighted by molar-refractivity contribution is 0.578. The van der Waals surface area contributed by atoms with Crippen LogP contribution in [0.2, 0.25) is 0 Å². The highest BCUT2D eigenvalue weighted by molar-refractivity contribution is 7.89. The van der Waals surface area contributed by atoms with E-state index in [1.807, 2.05) is 0 Å². The van der Waals surface area contributed by atoms with Crippen LogP contribution in [0.4, 0.5) is 0 Å². The average Bonchev–Trinajstić information content (AvgIpc) is 2.76. The molecular formula is C10H12N4O2S. The van der Waals surface area contributed by atoms with Crippen LogP contribution in [0.5, 0.6) is 0 Å². The Balaban J connectivity index is 2.09. The Morgan fingerprint density at radius 1 is 1.41 bits per heavy atom. The van der Waals surface area contributed by atoms with Crippen molar-refractivity contribution in [3.05, 3.63) is 42.1 Å². The standard InChI is InChI=1S/C10H12N4O2S/c1-8-12-7-10(14-8)17(15,16)13-6-9-3-2-4-11-5-9/h2-5,7,13H,6H2,1H3,(H,12,14). The lowest BCUT2D eigenvalue weighted by Gasteiger charge is -2.03. The summed E-state index contributed by atoms with van der Waals surface area (Å²) in [5.41, 5.74) is 0.798. The van der Waals surface area contributed by atoms with Gasteiger partial charge >= 0.3 is 0 Å². The SMILES string of the molecule is Cc1ncc(S(=O)(=O)NCc2cccnc2)[nH]1. The topological polar surface area (TPSA) is 87.7 Å². The first-order valence-corrected chi connectivity index (χ1v) is 6.46. The third-order valence-electron chi connectivity index (χ3n) is 2.16. The van der Waals surface area contributed by atoms with Crippen LogP contribution in [0, 0.1) is 6.92 Å². The zero-order valence-electron chi connectivity index (χ0n) is 9.21. The van der Waals surface area contributed by atoms with Crippen LogP contribution in [0.3, 0.4) is 0 Å². The molecule has 17 heavy (non-hydrogen) atoms. The minimum atomic E-state index is -3.53. The van der Waals surface area contributed by atoms with Crippen LogP contribution in [0.1, 0.15) is 11.4 Å². The van der Waals surface area contributed by atoms with Gasteiger partial charge in [0.2, 0.25) is 0 Å². The second-order valence-corrected chi connectivity index (χ2v) is 5.25. The highest BCUT2D eigenvalue weighted by atomic mass is 32.2. The van der Waals surface area contributed by atoms with Gasteiger partial charge in [-0.1, -0.05) is 6.07 Å². The highest BCUT2D eigenvalue weighted by Crippen LogP contribution is 2.06. The van der Waals surface area contributed by atoms with Gasteiger partial charge in [0.15, 0.2) is 5.03 Å². The average molecular weight is 252 g/mol. The number of nitrogens with one attached hydrogen (secondary N) is 2. The Bertz CT molecular complexity index is 592. The number of aromatic amines is 1. The van der Waals surface area contributed by atoms with Crippen molar-refractivity contribution in [2.75, 3.05) is 0 Å². The Labute approximate surface area is 99.2 Å². The second kappa shape index (κ2) is 4.64. The van der Waals surface area contributed by atoms with Crippen molar-refractivity contribution in [1.29, 1.82) is 0 Å². The van der Waals surface area contributed by atoms with E-state index in [0.717, 1.165) is 5.56 Å². The van der Waals surface area contributed by atoms with Crippen LogP contribution in [0.25, 0.3) is 0 Å². The van der Waals surface area contributed by atoms with Crippen LogP contribution < -0.4 is 4.72 Å². The second-order valence-electron chi connectivity index (χ2n) is 3.52. The lowest BCUT2D eigenvalue weighted by Crippen LogP contribution is -2.23. The van der Waals surface area contributed by atoms with Crippen molar-refractivity contribution >= 4 is 10.0 Å². The number of nitrogens with zero attached hydrogens (tertiary/aromatic N) is 2. The van der Waals surface area contributed by atoms with Crippen molar-refractivity contribution in [2.45, 2.75) is 18.5 Å². The minimum Gasteiger partial charge on any atom is -0.332 e. The van der Waals surface area contributed by atoms with Crippen molar-refractivity contribution in [3.63, 3.8) is 0 Å². The molecule has 2 aromatic heterocycles. The zero-order chi connectivity index (χ0) is 12.3. The first-order chi connectivity index (χ1) is 8.08. The number of aromatic nitrogens is 3. The van der Waals surface area contributed by atoms with E-state index in [0.29, 0.717) is 5.82 Å². The van der Waals surface area contributed by atoms with Gasteiger partial charge in [-0.05, 0) is 18.6 Å². The molecule has 2 heterocycles. The van der Waals surface area contributed by atoms with Crippen LogP contribution >= 0.6 is 0 Å². The Morgan fingerprint density at radius 3 is 2.82 bits per heavy atom. The van der Waals surface area contributed by atoms with Gasteiger partial charge in [0.25, 0.3) is 10.0 Å². The van der Waals surface area contributed by atoms with E-state index < -0.39 is 10.0 Å². The number of imidazole rings is 1. The summed E-state index contributed by atoms with van der Waals surface area (Å²) in [5.74, 6) is 0.562. The number of rotatable bonds is 4. The quantitative estimate of drug-likeness (QED) is 0.833. The van der Waals surface area contributed by atoms with Crippen molar-refractivity contribution in [2.24, 2.45) is 0 Å². The van der Waals surface area contributed by atoms with Crippen molar-refractivity contribution in [1.82, 2.24) is 19.7 Å². The zero-order valence-corrected chi connectivity index (χ0v) is 10.0. The van der Waals surface area contributed by atoms with E-state index in [1.54, 1.807) is 31.5 Å². The lowest BCUT2D eigenvalue weighted by atomic mass is 10.3. The number of hydrogen-bond acceptors (Lipinski definition) is 4. The summed E-state index contributed by atoms with van der Waals surface area (Å²) in [4.78, 5) is 10.4. The molecule has 0 spiro atoms. The van der Waals surface area contributed by atoms with E-state index in [-0.39, 0.29) is 11.6 Å². The maximum absolute atomic E-state index is 11.8. The maximum atomic E-state index is 11.8. The summed E-state index contributed by atoms with van der Waals surface area (Å²) in [5, 5.41) is 0.0684. The van der Waals surface area contributed by atoms with Crippen molar-refractivity contribution in [3.8, 4) is 0 Å². The molecule has 6 nitrogen and oxygen atoms in total. The predicted molar refractivity (Wildman–Crippen MR) is 61.6 cm³/mol. The Kier molecular flexibility index (Phi) is 3.21. The molecule has 7 heteroatoms. The van der Waals surface area contributed by atoms with Gasteiger partial charge in [0.05, 0.1) is 6.20 Å². The molecule has 0 atom stereocenters. The molecule has 0 saturated carbocycles. The summed E-state index contributed by atoms with van der Waals surface area (Å²) in [7, 11) is -3.53. The molecule has 0 amide bonds. The number of aryl methyl sites for hydroxylation is 1. The molecule has 2 rings (SSSR count). The molecular weight excluding hydrogens is 240 g/mol. The van der Waals surface area contributed by atoms with E-state index in [9.17, 15) is 8.42 Å². The highest BCUT2D eigenvalue weighted by Gasteiger charge is 2.15. The third-order valence-corrected chi connectivity index (χ3v) is 3.47. The number of H-pyrrole nitrogens is 1. The Hall–Kier alpha value is -1.73. The first-order valence-electron chi connectivity index (χ1n) is 4.98. The summed E-state index contributed by atoms with van der Waals surface area (Å²) in [6.45, 7) is 1.90. The van der Waals surface area contributed by atoms with E-state index in [1.165, 1.54) is 6.20 Å². The first kappa shape index (κ1) is 11.7. The fourth-order valence-electron chi connectivity index (χ4n) is 1.29. The molecule has 0 fully saturated rings. The molecule has 0 aliphatic heterocycles. The third kappa shape index (κ3) is 2.89. The van der Waals surface area contributed by atoms with E-state index in [2.05, 4.69) is 19.7 Å². The molecule has 0 aromatic carbocycles. The van der Waals surface area contributed by atoms with Gasteiger partial charge < -0.3 is 4.98 Å². The summed E-state index contributed by atoms with van der Waals surface area (Å²) in [6, 6.07) is 3.55. The summed E-state index contributed by atoms with van der Waals surface area (Å²) in [6.07, 6.45) is 4.54. The van der Waals surface area contributed by atoms with Gasteiger partial charge in [-0.2, -0.15) is 0 Å². The molecule has 2 aromatic rings. The monoisotopic (exact) mass is 252 g/mol. The van der Waals surface area contributed by atoms with Crippen LogP contribution in [-0.4, -0.2) is 23.4 Å². The molecule has 0 radical (unpaired) electrons. The molecule has 0 saturated heterocycles. The number of sulfonamides is 1. The summed E-state index contributed by atoms with van der Waals surface area (Å²) >= 11 is 0. The van der Waals surface area contributed by atoms with Gasteiger partial charge in [0, 0.05) is 18.9 Å². The largest absolute Gasteiger partial charge is 0.332 e. The van der Waals surface area contributed by atoms with Crippen molar-refractivity contribution < 1.29 is 8.42 Å². The predicted octanol–water partition coefficient (Wildman–Crippen LogP) is 0.592.